The number of rotatable bonds is 4. The zero-order valence-corrected chi connectivity index (χ0v) is 16.0. The fourth-order valence-electron chi connectivity index (χ4n) is 2.69. The van der Waals surface area contributed by atoms with E-state index in [0.717, 1.165) is 15.4 Å². The Morgan fingerprint density at radius 2 is 1.85 bits per heavy atom. The Balaban J connectivity index is 1.85. The van der Waals surface area contributed by atoms with E-state index in [1.54, 1.807) is 36.5 Å². The molecule has 3 aromatic heterocycles. The summed E-state index contributed by atoms with van der Waals surface area (Å²) in [5.74, 6) is 1.72. The summed E-state index contributed by atoms with van der Waals surface area (Å²) in [6.45, 7) is 3.71. The lowest BCUT2D eigenvalue weighted by atomic mass is 10.2. The molecule has 0 bridgehead atoms. The van der Waals surface area contributed by atoms with Crippen LogP contribution in [0.2, 0.25) is 5.28 Å². The molecule has 4 rings (SSSR count). The van der Waals surface area contributed by atoms with Gasteiger partial charge in [0.25, 0.3) is 10.0 Å². The number of aromatic amines is 1. The summed E-state index contributed by atoms with van der Waals surface area (Å²) in [5.41, 5.74) is 1.16. The highest BCUT2D eigenvalue weighted by Crippen LogP contribution is 2.28. The Labute approximate surface area is 160 Å². The van der Waals surface area contributed by atoms with Gasteiger partial charge in [-0.15, -0.1) is 0 Å². The molecular weight excluding hydrogens is 388 g/mol. The summed E-state index contributed by atoms with van der Waals surface area (Å²) in [6, 6.07) is 8.24. The summed E-state index contributed by atoms with van der Waals surface area (Å²) >= 11 is 6.04. The highest BCUT2D eigenvalue weighted by molar-refractivity contribution is 7.90. The zero-order valence-electron chi connectivity index (χ0n) is 14.4. The van der Waals surface area contributed by atoms with Crippen LogP contribution in [0.15, 0.2) is 47.6 Å². The number of hydrogen-bond donors (Lipinski definition) is 2. The number of benzene rings is 1. The molecule has 1 aromatic carbocycles. The summed E-state index contributed by atoms with van der Waals surface area (Å²) in [4.78, 5) is 15.6. The van der Waals surface area contributed by atoms with Gasteiger partial charge in [-0.25, -0.2) is 17.4 Å². The van der Waals surface area contributed by atoms with Crippen LogP contribution in [0.25, 0.3) is 11.0 Å². The average Bonchev–Trinajstić information content (AvgIpc) is 3.21. The lowest BCUT2D eigenvalue weighted by Crippen LogP contribution is -2.12. The molecule has 10 heteroatoms. The smallest absolute Gasteiger partial charge is 0.269 e. The minimum Gasteiger partial charge on any atom is -0.329 e. The number of aromatic nitrogens is 5. The second-order valence-electron chi connectivity index (χ2n) is 6.02. The number of anilines is 2. The molecule has 138 valence electrons. The SMILES string of the molecule is Cc1ccc(S(=O)(=O)n2ccc3c(Nc4cnc(C)[nH]4)nc(Cl)nc32)cc1. The summed E-state index contributed by atoms with van der Waals surface area (Å²) in [7, 11) is -3.82. The van der Waals surface area contributed by atoms with Gasteiger partial charge in [0.15, 0.2) is 5.65 Å². The van der Waals surface area contributed by atoms with Crippen LogP contribution >= 0.6 is 11.6 Å². The third kappa shape index (κ3) is 3.15. The van der Waals surface area contributed by atoms with E-state index in [4.69, 9.17) is 11.6 Å². The Bertz CT molecular complexity index is 1240. The van der Waals surface area contributed by atoms with Gasteiger partial charge in [0, 0.05) is 6.20 Å². The molecule has 0 aliphatic rings. The van der Waals surface area contributed by atoms with Crippen LogP contribution in [0.1, 0.15) is 11.4 Å². The van der Waals surface area contributed by atoms with Crippen molar-refractivity contribution in [1.29, 1.82) is 0 Å². The first-order valence-corrected chi connectivity index (χ1v) is 9.82. The predicted octanol–water partition coefficient (Wildman–Crippen LogP) is 3.41. The summed E-state index contributed by atoms with van der Waals surface area (Å²) in [5, 5.41) is 3.51. The molecule has 0 spiro atoms. The number of halogens is 1. The predicted molar refractivity (Wildman–Crippen MR) is 103 cm³/mol. The molecule has 3 heterocycles. The highest BCUT2D eigenvalue weighted by atomic mass is 35.5. The molecule has 0 saturated heterocycles. The molecule has 0 saturated carbocycles. The van der Waals surface area contributed by atoms with Crippen molar-refractivity contribution in [3.8, 4) is 0 Å². The third-order valence-electron chi connectivity index (χ3n) is 4.02. The molecular formula is C17H15ClN6O2S. The molecule has 2 N–H and O–H groups in total. The van der Waals surface area contributed by atoms with Gasteiger partial charge >= 0.3 is 0 Å². The molecule has 27 heavy (non-hydrogen) atoms. The van der Waals surface area contributed by atoms with Gasteiger partial charge in [0.05, 0.1) is 16.5 Å². The fourth-order valence-corrected chi connectivity index (χ4v) is 4.15. The molecule has 0 radical (unpaired) electrons. The normalized spacial score (nSPS) is 11.8. The monoisotopic (exact) mass is 402 g/mol. The first-order chi connectivity index (χ1) is 12.8. The third-order valence-corrected chi connectivity index (χ3v) is 5.87. The quantitative estimate of drug-likeness (QED) is 0.507. The summed E-state index contributed by atoms with van der Waals surface area (Å²) in [6.07, 6.45) is 3.05. The standard InChI is InChI=1S/C17H15ClN6O2S/c1-10-3-5-12(6-4-10)27(25,26)24-8-7-13-15(22-17(18)23-16(13)24)21-14-9-19-11(2)20-14/h3-9H,1-2H3,(H,19,20)(H,21,22,23). The Hall–Kier alpha value is -2.91. The topological polar surface area (TPSA) is 106 Å². The van der Waals surface area contributed by atoms with Gasteiger partial charge < -0.3 is 10.3 Å². The van der Waals surface area contributed by atoms with Gasteiger partial charge in [0.1, 0.15) is 17.5 Å². The summed E-state index contributed by atoms with van der Waals surface area (Å²) < 4.78 is 27.2. The Morgan fingerprint density at radius 1 is 1.11 bits per heavy atom. The second kappa shape index (κ2) is 6.36. The van der Waals surface area contributed by atoms with Crippen LogP contribution in [0, 0.1) is 13.8 Å². The van der Waals surface area contributed by atoms with Crippen molar-refractivity contribution in [2.75, 3.05) is 5.32 Å². The maximum Gasteiger partial charge on any atom is 0.269 e. The maximum absolute atomic E-state index is 13.0. The van der Waals surface area contributed by atoms with Crippen molar-refractivity contribution in [2.45, 2.75) is 18.7 Å². The van der Waals surface area contributed by atoms with E-state index in [-0.39, 0.29) is 15.8 Å². The Morgan fingerprint density at radius 3 is 2.52 bits per heavy atom. The first kappa shape index (κ1) is 17.5. The number of H-pyrrole nitrogens is 1. The zero-order chi connectivity index (χ0) is 19.2. The molecule has 0 amide bonds. The van der Waals surface area contributed by atoms with Crippen LogP contribution in [-0.4, -0.2) is 32.3 Å². The number of imidazole rings is 1. The van der Waals surface area contributed by atoms with Gasteiger partial charge in [-0.3, -0.25) is 0 Å². The average molecular weight is 403 g/mol. The van der Waals surface area contributed by atoms with Crippen molar-refractivity contribution in [1.82, 2.24) is 23.9 Å². The number of nitrogens with zero attached hydrogens (tertiary/aromatic N) is 4. The first-order valence-electron chi connectivity index (χ1n) is 8.00. The molecule has 0 aliphatic carbocycles. The molecule has 0 atom stereocenters. The number of nitrogens with one attached hydrogen (secondary N) is 2. The molecule has 0 fully saturated rings. The van der Waals surface area contributed by atoms with Crippen molar-refractivity contribution >= 4 is 44.3 Å². The largest absolute Gasteiger partial charge is 0.329 e. The van der Waals surface area contributed by atoms with E-state index in [1.807, 2.05) is 13.8 Å². The molecule has 0 unspecified atom stereocenters. The van der Waals surface area contributed by atoms with E-state index >= 15 is 0 Å². The number of hydrogen-bond acceptors (Lipinski definition) is 6. The van der Waals surface area contributed by atoms with Crippen LogP contribution in [0.5, 0.6) is 0 Å². The molecule has 4 aromatic rings. The van der Waals surface area contributed by atoms with Crippen LogP contribution < -0.4 is 5.32 Å². The van der Waals surface area contributed by atoms with Gasteiger partial charge in [-0.05, 0) is 43.6 Å². The van der Waals surface area contributed by atoms with E-state index in [1.165, 1.54) is 6.20 Å². The van der Waals surface area contributed by atoms with Crippen molar-refractivity contribution < 1.29 is 8.42 Å². The van der Waals surface area contributed by atoms with Crippen molar-refractivity contribution in [2.24, 2.45) is 0 Å². The van der Waals surface area contributed by atoms with Gasteiger partial charge in [0.2, 0.25) is 5.28 Å². The Kier molecular flexibility index (Phi) is 4.12. The number of aryl methyl sites for hydroxylation is 2. The van der Waals surface area contributed by atoms with E-state index in [2.05, 4.69) is 25.3 Å². The van der Waals surface area contributed by atoms with E-state index in [0.29, 0.717) is 17.0 Å². The van der Waals surface area contributed by atoms with E-state index in [9.17, 15) is 8.42 Å². The van der Waals surface area contributed by atoms with E-state index < -0.39 is 10.0 Å². The van der Waals surface area contributed by atoms with Crippen LogP contribution in [-0.2, 0) is 10.0 Å². The van der Waals surface area contributed by atoms with Gasteiger partial charge in [-0.2, -0.15) is 9.97 Å². The van der Waals surface area contributed by atoms with Crippen LogP contribution in [0.3, 0.4) is 0 Å². The van der Waals surface area contributed by atoms with Gasteiger partial charge in [-0.1, -0.05) is 17.7 Å². The highest BCUT2D eigenvalue weighted by Gasteiger charge is 2.22. The fraction of sp³-hybridized carbons (Fsp3) is 0.118. The van der Waals surface area contributed by atoms with Crippen molar-refractivity contribution in [3.05, 3.63) is 59.4 Å². The molecule has 8 nitrogen and oxygen atoms in total. The minimum absolute atomic E-state index is 0.0692. The minimum atomic E-state index is -3.82. The van der Waals surface area contributed by atoms with Crippen LogP contribution in [0.4, 0.5) is 11.6 Å². The van der Waals surface area contributed by atoms with Crippen molar-refractivity contribution in [3.63, 3.8) is 0 Å². The number of fused-ring (bicyclic) bond motifs is 1. The lowest BCUT2D eigenvalue weighted by molar-refractivity contribution is 0.588. The second-order valence-corrected chi connectivity index (χ2v) is 8.17. The maximum atomic E-state index is 13.0. The molecule has 0 aliphatic heterocycles. The lowest BCUT2D eigenvalue weighted by Gasteiger charge is -2.09.